The van der Waals surface area contributed by atoms with Gasteiger partial charge in [0.2, 0.25) is 0 Å². The van der Waals surface area contributed by atoms with Crippen molar-refractivity contribution in [2.45, 2.75) is 0 Å². The molecular formula is C58H35NOS. The molecule has 13 aromatic rings. The number of hydrogen-bond acceptors (Lipinski definition) is 3. The van der Waals surface area contributed by atoms with Crippen molar-refractivity contribution in [2.24, 2.45) is 0 Å². The number of para-hydroxylation sites is 2. The third-order valence-corrected chi connectivity index (χ3v) is 13.8. The summed E-state index contributed by atoms with van der Waals surface area (Å²) >= 11 is 1.90. The summed E-state index contributed by atoms with van der Waals surface area (Å²) in [5.74, 6) is 0. The first-order chi connectivity index (χ1) is 30.2. The number of fused-ring (bicyclic) bond motifs is 12. The van der Waals surface area contributed by atoms with Crippen LogP contribution >= 0.6 is 11.3 Å². The minimum Gasteiger partial charge on any atom is -0.455 e. The number of furan rings is 1. The van der Waals surface area contributed by atoms with E-state index in [0.29, 0.717) is 0 Å². The Morgan fingerprint density at radius 2 is 0.902 bits per heavy atom. The van der Waals surface area contributed by atoms with Gasteiger partial charge in [-0.2, -0.15) is 0 Å². The highest BCUT2D eigenvalue weighted by molar-refractivity contribution is 7.27. The van der Waals surface area contributed by atoms with Gasteiger partial charge in [0, 0.05) is 48.6 Å². The molecule has 284 valence electrons. The Hall–Kier alpha value is -7.72. The van der Waals surface area contributed by atoms with Crippen LogP contribution in [0.15, 0.2) is 217 Å². The fraction of sp³-hybridized carbons (Fsp3) is 0. The normalized spacial score (nSPS) is 11.9. The summed E-state index contributed by atoms with van der Waals surface area (Å²) in [6, 6.07) is 77.5. The van der Waals surface area contributed by atoms with E-state index >= 15 is 0 Å². The zero-order valence-corrected chi connectivity index (χ0v) is 33.8. The van der Waals surface area contributed by atoms with Crippen molar-refractivity contribution < 1.29 is 4.42 Å². The van der Waals surface area contributed by atoms with Crippen LogP contribution in [0.3, 0.4) is 0 Å². The van der Waals surface area contributed by atoms with Gasteiger partial charge in [-0.3, -0.25) is 0 Å². The van der Waals surface area contributed by atoms with Crippen LogP contribution in [-0.4, -0.2) is 0 Å². The van der Waals surface area contributed by atoms with Crippen LogP contribution in [0.1, 0.15) is 0 Å². The lowest BCUT2D eigenvalue weighted by molar-refractivity contribution is 0.671. The second-order valence-electron chi connectivity index (χ2n) is 16.0. The average molecular weight is 794 g/mol. The molecule has 0 bridgehead atoms. The number of nitrogens with zero attached hydrogens (tertiary/aromatic N) is 1. The molecule has 0 aliphatic rings. The standard InChI is InChI=1S/C58H35NOS/c1-2-15-37(16-3-1)45-24-12-25-47-48-26-13-27-49(56(48)60-55(45)47)51-33-40-19-6-7-20-41(40)34-52(51)59(43-30-28-36-14-4-5-18-39(36)32-43)53-35-42-21-9-10-22-44(42)54-50-31-29-38-17-8-11-23-46(38)57(50)61-58(53)54/h1-35H. The lowest BCUT2D eigenvalue weighted by Crippen LogP contribution is -2.12. The quantitative estimate of drug-likeness (QED) is 0.173. The summed E-state index contributed by atoms with van der Waals surface area (Å²) < 4.78 is 9.70. The second kappa shape index (κ2) is 13.4. The van der Waals surface area contributed by atoms with Crippen molar-refractivity contribution >= 4 is 114 Å². The van der Waals surface area contributed by atoms with E-state index in [1.54, 1.807) is 0 Å². The van der Waals surface area contributed by atoms with Crippen LogP contribution in [0.5, 0.6) is 0 Å². The van der Waals surface area contributed by atoms with Crippen molar-refractivity contribution in [1.82, 2.24) is 0 Å². The van der Waals surface area contributed by atoms with Gasteiger partial charge in [0.05, 0.1) is 16.1 Å². The van der Waals surface area contributed by atoms with Crippen LogP contribution in [-0.2, 0) is 0 Å². The van der Waals surface area contributed by atoms with E-state index in [9.17, 15) is 0 Å². The Bertz CT molecular complexity index is 3890. The molecule has 2 aromatic heterocycles. The lowest BCUT2D eigenvalue weighted by Gasteiger charge is -2.29. The highest BCUT2D eigenvalue weighted by Gasteiger charge is 2.26. The first kappa shape index (κ1) is 34.2. The molecule has 0 amide bonds. The summed E-state index contributed by atoms with van der Waals surface area (Å²) in [6.07, 6.45) is 0. The van der Waals surface area contributed by atoms with Gasteiger partial charge in [-0.1, -0.05) is 182 Å². The highest BCUT2D eigenvalue weighted by atomic mass is 32.1. The Kier molecular flexibility index (Phi) is 7.51. The molecule has 61 heavy (non-hydrogen) atoms. The van der Waals surface area contributed by atoms with E-state index in [1.807, 2.05) is 11.3 Å². The van der Waals surface area contributed by atoms with Gasteiger partial charge >= 0.3 is 0 Å². The topological polar surface area (TPSA) is 16.4 Å². The molecule has 0 N–H and O–H groups in total. The molecule has 11 aromatic carbocycles. The predicted octanol–water partition coefficient (Wildman–Crippen LogP) is 17.4. The second-order valence-corrected chi connectivity index (χ2v) is 17.0. The van der Waals surface area contributed by atoms with Crippen LogP contribution in [0.25, 0.3) is 107 Å². The Balaban J connectivity index is 1.17. The minimum absolute atomic E-state index is 0.882. The van der Waals surface area contributed by atoms with E-state index in [-0.39, 0.29) is 0 Å². The molecule has 0 radical (unpaired) electrons. The van der Waals surface area contributed by atoms with Gasteiger partial charge in [-0.15, -0.1) is 11.3 Å². The lowest BCUT2D eigenvalue weighted by atomic mass is 9.95. The van der Waals surface area contributed by atoms with E-state index in [2.05, 4.69) is 217 Å². The highest BCUT2D eigenvalue weighted by Crippen LogP contribution is 2.52. The van der Waals surface area contributed by atoms with Crippen LogP contribution in [0.4, 0.5) is 17.1 Å². The average Bonchev–Trinajstić information content (AvgIpc) is 3.92. The van der Waals surface area contributed by atoms with Crippen molar-refractivity contribution in [3.8, 4) is 22.3 Å². The van der Waals surface area contributed by atoms with Gasteiger partial charge in [-0.25, -0.2) is 0 Å². The van der Waals surface area contributed by atoms with Crippen LogP contribution in [0.2, 0.25) is 0 Å². The van der Waals surface area contributed by atoms with Crippen molar-refractivity contribution in [2.75, 3.05) is 4.90 Å². The predicted molar refractivity (Wildman–Crippen MR) is 262 cm³/mol. The molecule has 0 unspecified atom stereocenters. The molecule has 0 saturated carbocycles. The van der Waals surface area contributed by atoms with E-state index in [0.717, 1.165) is 61.3 Å². The van der Waals surface area contributed by atoms with E-state index in [4.69, 9.17) is 4.42 Å². The Labute approximate surface area is 355 Å². The maximum atomic E-state index is 7.13. The molecule has 0 fully saturated rings. The number of thiophene rings is 1. The summed E-state index contributed by atoms with van der Waals surface area (Å²) in [5, 5.41) is 14.6. The third kappa shape index (κ3) is 5.28. The summed E-state index contributed by atoms with van der Waals surface area (Å²) in [6.45, 7) is 0. The Morgan fingerprint density at radius 1 is 0.328 bits per heavy atom. The molecule has 0 aliphatic heterocycles. The zero-order valence-electron chi connectivity index (χ0n) is 33.0. The largest absolute Gasteiger partial charge is 0.455 e. The maximum absolute atomic E-state index is 7.13. The van der Waals surface area contributed by atoms with Gasteiger partial charge in [-0.05, 0) is 79.0 Å². The number of anilines is 3. The molecule has 0 aliphatic carbocycles. The first-order valence-corrected chi connectivity index (χ1v) is 21.6. The summed E-state index contributed by atoms with van der Waals surface area (Å²) in [5.41, 5.74) is 9.50. The van der Waals surface area contributed by atoms with E-state index in [1.165, 1.54) is 63.3 Å². The summed E-state index contributed by atoms with van der Waals surface area (Å²) in [7, 11) is 0. The van der Waals surface area contributed by atoms with Crippen molar-refractivity contribution in [1.29, 1.82) is 0 Å². The van der Waals surface area contributed by atoms with Crippen LogP contribution in [0, 0.1) is 0 Å². The molecule has 0 spiro atoms. The Morgan fingerprint density at radius 3 is 1.69 bits per heavy atom. The number of hydrogen-bond donors (Lipinski definition) is 0. The van der Waals surface area contributed by atoms with Gasteiger partial charge in [0.25, 0.3) is 0 Å². The van der Waals surface area contributed by atoms with Crippen molar-refractivity contribution in [3.05, 3.63) is 212 Å². The number of rotatable bonds is 5. The zero-order chi connectivity index (χ0) is 40.0. The maximum Gasteiger partial charge on any atom is 0.143 e. The molecular weight excluding hydrogens is 759 g/mol. The van der Waals surface area contributed by atoms with Gasteiger partial charge in [0.15, 0.2) is 0 Å². The fourth-order valence-electron chi connectivity index (χ4n) is 9.73. The van der Waals surface area contributed by atoms with Gasteiger partial charge in [0.1, 0.15) is 11.2 Å². The van der Waals surface area contributed by atoms with Gasteiger partial charge < -0.3 is 9.32 Å². The molecule has 13 rings (SSSR count). The smallest absolute Gasteiger partial charge is 0.143 e. The van der Waals surface area contributed by atoms with Crippen molar-refractivity contribution in [3.63, 3.8) is 0 Å². The molecule has 0 atom stereocenters. The van der Waals surface area contributed by atoms with E-state index < -0.39 is 0 Å². The third-order valence-electron chi connectivity index (χ3n) is 12.6. The molecule has 3 heteroatoms. The number of benzene rings is 11. The minimum atomic E-state index is 0.882. The monoisotopic (exact) mass is 793 g/mol. The first-order valence-electron chi connectivity index (χ1n) is 20.8. The SMILES string of the molecule is c1ccc(-c2cccc3c2oc2c(-c4cc5ccccc5cc4N(c4ccc5ccccc5c4)c4cc5ccccc5c5c4sc4c6ccccc6ccc45)cccc23)cc1. The fourth-order valence-corrected chi connectivity index (χ4v) is 11.1. The molecule has 2 nitrogen and oxygen atoms in total. The van der Waals surface area contributed by atoms with Crippen LogP contribution < -0.4 is 4.90 Å². The molecule has 0 saturated heterocycles. The molecule has 2 heterocycles. The summed E-state index contributed by atoms with van der Waals surface area (Å²) in [4.78, 5) is 2.53.